The van der Waals surface area contributed by atoms with E-state index < -0.39 is 48.4 Å². The number of hydrogen-bond donors (Lipinski definition) is 4. The number of aliphatic hydroxyl groups is 3. The summed E-state index contributed by atoms with van der Waals surface area (Å²) in [6.45, 7) is -0.719. The summed E-state index contributed by atoms with van der Waals surface area (Å²) in [5, 5.41) is 38.5. The normalized spacial score (nSPS) is 34.5. The van der Waals surface area contributed by atoms with Crippen LogP contribution in [0.5, 0.6) is 5.75 Å². The van der Waals surface area contributed by atoms with E-state index in [4.69, 9.17) is 14.6 Å². The van der Waals surface area contributed by atoms with Crippen molar-refractivity contribution in [3.63, 3.8) is 0 Å². The minimum atomic E-state index is -1.96. The molecule has 124 valence electrons. The van der Waals surface area contributed by atoms with Crippen LogP contribution in [0.4, 0.5) is 0 Å². The van der Waals surface area contributed by atoms with Gasteiger partial charge in [0.25, 0.3) is 0 Å². The molecule has 23 heavy (non-hydrogen) atoms. The number of phenols is 1. The Hall–Kier alpha value is -2.16. The van der Waals surface area contributed by atoms with E-state index in [2.05, 4.69) is 0 Å². The maximum Gasteiger partial charge on any atom is 0.354 e. The molecule has 8 nitrogen and oxygen atoms in total. The van der Waals surface area contributed by atoms with E-state index in [-0.39, 0.29) is 12.2 Å². The molecule has 1 aromatic rings. The number of rotatable bonds is 3. The number of hydrogen-bond acceptors (Lipinski definition) is 8. The summed E-state index contributed by atoms with van der Waals surface area (Å²) in [6, 6.07) is 5.80. The van der Waals surface area contributed by atoms with Crippen molar-refractivity contribution in [2.75, 3.05) is 6.61 Å². The third-order valence-electron chi connectivity index (χ3n) is 4.35. The van der Waals surface area contributed by atoms with Gasteiger partial charge in [0, 0.05) is 5.92 Å². The predicted octanol–water partition coefficient (Wildman–Crippen LogP) is -1.20. The zero-order valence-corrected chi connectivity index (χ0v) is 12.0. The van der Waals surface area contributed by atoms with Crippen molar-refractivity contribution < 1.29 is 39.5 Å². The van der Waals surface area contributed by atoms with E-state index in [9.17, 15) is 24.9 Å². The van der Waals surface area contributed by atoms with E-state index >= 15 is 0 Å². The average Bonchev–Trinajstić information content (AvgIpc) is 3.01. The second-order valence-corrected chi connectivity index (χ2v) is 5.68. The Morgan fingerprint density at radius 3 is 2.52 bits per heavy atom. The third-order valence-corrected chi connectivity index (χ3v) is 4.35. The summed E-state index contributed by atoms with van der Waals surface area (Å²) in [5.74, 6) is -2.46. The van der Waals surface area contributed by atoms with Crippen LogP contribution in [0.15, 0.2) is 24.3 Å². The van der Waals surface area contributed by atoms with Gasteiger partial charge >= 0.3 is 11.9 Å². The number of aromatic hydroxyl groups is 1. The fraction of sp³-hybridized carbons (Fsp3) is 0.467. The van der Waals surface area contributed by atoms with Gasteiger partial charge in [0.1, 0.15) is 18.0 Å². The van der Waals surface area contributed by atoms with Crippen molar-refractivity contribution in [1.82, 2.24) is 0 Å². The van der Waals surface area contributed by atoms with E-state index in [0.717, 1.165) is 0 Å². The summed E-state index contributed by atoms with van der Waals surface area (Å²) in [5.41, 5.74) is -1.46. The van der Waals surface area contributed by atoms with Crippen molar-refractivity contribution in [1.29, 1.82) is 0 Å². The molecule has 5 atom stereocenters. The van der Waals surface area contributed by atoms with Crippen LogP contribution in [-0.4, -0.2) is 62.9 Å². The highest BCUT2D eigenvalue weighted by Crippen LogP contribution is 2.48. The molecular formula is C15H16O8. The minimum Gasteiger partial charge on any atom is -0.508 e. The lowest BCUT2D eigenvalue weighted by Gasteiger charge is -2.29. The standard InChI is InChI=1S/C15H16O8/c16-6-10(18)12-13(20)15(14(21)22-12)9(5-11(19)23-15)7-1-3-8(17)4-2-7/h1-4,9-10,12-13,16-18,20H,5-6H2/t9-,10?,12-,13-,15-/m1/s1. The van der Waals surface area contributed by atoms with Gasteiger partial charge in [-0.2, -0.15) is 0 Å². The number of ether oxygens (including phenoxy) is 2. The molecule has 2 aliphatic rings. The average molecular weight is 324 g/mol. The van der Waals surface area contributed by atoms with Gasteiger partial charge in [0.05, 0.1) is 13.0 Å². The van der Waals surface area contributed by atoms with Crippen LogP contribution in [0.25, 0.3) is 0 Å². The highest BCUT2D eigenvalue weighted by atomic mass is 16.6. The van der Waals surface area contributed by atoms with Crippen molar-refractivity contribution >= 4 is 11.9 Å². The Bertz CT molecular complexity index is 627. The summed E-state index contributed by atoms with van der Waals surface area (Å²) in [7, 11) is 0. The summed E-state index contributed by atoms with van der Waals surface area (Å²) >= 11 is 0. The molecule has 3 rings (SSSR count). The number of aliphatic hydroxyl groups excluding tert-OH is 3. The number of phenolic OH excluding ortho intramolecular Hbond substituents is 1. The molecule has 8 heteroatoms. The minimum absolute atomic E-state index is 0.0103. The topological polar surface area (TPSA) is 134 Å². The van der Waals surface area contributed by atoms with Crippen LogP contribution in [0.3, 0.4) is 0 Å². The lowest BCUT2D eigenvalue weighted by Crippen LogP contribution is -2.52. The van der Waals surface area contributed by atoms with Crippen molar-refractivity contribution in [2.24, 2.45) is 0 Å². The van der Waals surface area contributed by atoms with Gasteiger partial charge in [-0.05, 0) is 17.7 Å². The van der Waals surface area contributed by atoms with Crippen LogP contribution < -0.4 is 0 Å². The molecule has 2 saturated heterocycles. The quantitative estimate of drug-likeness (QED) is 0.510. The number of benzene rings is 1. The molecule has 1 aromatic carbocycles. The maximum atomic E-state index is 12.3. The molecule has 0 aliphatic carbocycles. The summed E-state index contributed by atoms with van der Waals surface area (Å²) < 4.78 is 10.1. The SMILES string of the molecule is O=C1C[C@H](c2ccc(O)cc2)[C@]2(O1)C(=O)O[C@H](C(O)CO)[C@H]2O. The number of carbonyl (C=O) groups excluding carboxylic acids is 2. The lowest BCUT2D eigenvalue weighted by atomic mass is 9.77. The van der Waals surface area contributed by atoms with E-state index in [1.807, 2.05) is 0 Å². The molecule has 4 N–H and O–H groups in total. The molecule has 0 bridgehead atoms. The van der Waals surface area contributed by atoms with Gasteiger partial charge in [0.2, 0.25) is 5.60 Å². The van der Waals surface area contributed by atoms with Gasteiger partial charge in [-0.25, -0.2) is 4.79 Å². The number of cyclic esters (lactones) is 1. The zero-order chi connectivity index (χ0) is 16.8. The highest BCUT2D eigenvalue weighted by molar-refractivity contribution is 5.91. The first-order valence-corrected chi connectivity index (χ1v) is 7.09. The molecule has 2 heterocycles. The van der Waals surface area contributed by atoms with Gasteiger partial charge < -0.3 is 29.9 Å². The largest absolute Gasteiger partial charge is 0.508 e. The van der Waals surface area contributed by atoms with Crippen molar-refractivity contribution in [3.8, 4) is 5.75 Å². The maximum absolute atomic E-state index is 12.3. The Balaban J connectivity index is 2.02. The molecular weight excluding hydrogens is 308 g/mol. The first kappa shape index (κ1) is 15.7. The van der Waals surface area contributed by atoms with Crippen molar-refractivity contribution in [2.45, 2.75) is 36.3 Å². The Morgan fingerprint density at radius 1 is 1.26 bits per heavy atom. The van der Waals surface area contributed by atoms with Gasteiger partial charge in [0.15, 0.2) is 6.10 Å². The van der Waals surface area contributed by atoms with E-state index in [0.29, 0.717) is 5.56 Å². The van der Waals surface area contributed by atoms with E-state index in [1.54, 1.807) is 0 Å². The second kappa shape index (κ2) is 5.48. The van der Waals surface area contributed by atoms with Crippen LogP contribution in [-0.2, 0) is 19.1 Å². The predicted molar refractivity (Wildman–Crippen MR) is 73.3 cm³/mol. The number of esters is 2. The summed E-state index contributed by atoms with van der Waals surface area (Å²) in [4.78, 5) is 24.1. The monoisotopic (exact) mass is 324 g/mol. The van der Waals surface area contributed by atoms with Crippen LogP contribution >= 0.6 is 0 Å². The summed E-state index contributed by atoms with van der Waals surface area (Å²) in [6.07, 6.45) is -4.66. The second-order valence-electron chi connectivity index (χ2n) is 5.68. The fourth-order valence-corrected chi connectivity index (χ4v) is 3.18. The molecule has 2 fully saturated rings. The number of carbonyl (C=O) groups is 2. The first-order chi connectivity index (χ1) is 10.9. The van der Waals surface area contributed by atoms with Gasteiger partial charge in [-0.1, -0.05) is 12.1 Å². The van der Waals surface area contributed by atoms with Gasteiger partial charge in [-0.3, -0.25) is 4.79 Å². The first-order valence-electron chi connectivity index (χ1n) is 7.09. The molecule has 0 amide bonds. The zero-order valence-electron chi connectivity index (χ0n) is 12.0. The molecule has 1 spiro atoms. The fourth-order valence-electron chi connectivity index (χ4n) is 3.18. The van der Waals surface area contributed by atoms with Crippen LogP contribution in [0.2, 0.25) is 0 Å². The van der Waals surface area contributed by atoms with Gasteiger partial charge in [-0.15, -0.1) is 0 Å². The molecule has 2 aliphatic heterocycles. The molecule has 0 aromatic heterocycles. The van der Waals surface area contributed by atoms with Crippen LogP contribution in [0.1, 0.15) is 17.9 Å². The Labute approximate surface area is 130 Å². The smallest absolute Gasteiger partial charge is 0.354 e. The molecule has 1 unspecified atom stereocenters. The third kappa shape index (κ3) is 2.26. The Morgan fingerprint density at radius 2 is 1.91 bits per heavy atom. The van der Waals surface area contributed by atoms with E-state index in [1.165, 1.54) is 24.3 Å². The highest BCUT2D eigenvalue weighted by Gasteiger charge is 2.69. The molecule has 0 radical (unpaired) electrons. The molecule has 0 saturated carbocycles. The Kier molecular flexibility index (Phi) is 3.75. The van der Waals surface area contributed by atoms with Crippen molar-refractivity contribution in [3.05, 3.63) is 29.8 Å². The lowest BCUT2D eigenvalue weighted by molar-refractivity contribution is -0.169. The van der Waals surface area contributed by atoms with Crippen LogP contribution in [0, 0.1) is 0 Å².